The summed E-state index contributed by atoms with van der Waals surface area (Å²) >= 11 is 0. The van der Waals surface area contributed by atoms with Gasteiger partial charge < -0.3 is 24.7 Å². The van der Waals surface area contributed by atoms with Crippen molar-refractivity contribution in [3.8, 4) is 0 Å². The van der Waals surface area contributed by atoms with Gasteiger partial charge in [0, 0.05) is 38.7 Å². The molecule has 0 heterocycles. The van der Waals surface area contributed by atoms with E-state index >= 15 is 0 Å². The summed E-state index contributed by atoms with van der Waals surface area (Å²) in [5.74, 6) is 1.49. The quantitative estimate of drug-likeness (QED) is 0.123. The van der Waals surface area contributed by atoms with Crippen LogP contribution in [0.1, 0.15) is 104 Å². The Bertz CT molecular complexity index is 723. The van der Waals surface area contributed by atoms with Gasteiger partial charge in [-0.2, -0.15) is 0 Å². The van der Waals surface area contributed by atoms with Crippen molar-refractivity contribution in [2.75, 3.05) is 12.3 Å². The molecule has 221 valence electrons. The Balaban J connectivity index is -0.00000150. The first kappa shape index (κ1) is 41.8. The molecule has 1 radical (unpaired) electrons. The van der Waals surface area contributed by atoms with Gasteiger partial charge >= 0.3 is 7.25 Å². The van der Waals surface area contributed by atoms with Crippen molar-refractivity contribution in [2.45, 2.75) is 124 Å². The van der Waals surface area contributed by atoms with Crippen molar-refractivity contribution >= 4 is 23.1 Å². The van der Waals surface area contributed by atoms with Gasteiger partial charge in [-0.15, -0.1) is 0 Å². The van der Waals surface area contributed by atoms with Crippen molar-refractivity contribution in [3.05, 3.63) is 47.8 Å². The van der Waals surface area contributed by atoms with E-state index in [1.54, 1.807) is 11.1 Å². The Labute approximate surface area is 243 Å². The van der Waals surface area contributed by atoms with Gasteiger partial charge in [-0.3, -0.25) is 0 Å². The average Bonchev–Trinajstić information content (AvgIpc) is 2.53. The summed E-state index contributed by atoms with van der Waals surface area (Å²) in [6.45, 7) is 40.9. The zero-order valence-corrected chi connectivity index (χ0v) is 29.9. The SMILES string of the molecule is C=C1C(CP(C(C)(C)C)C(C)(C)C)=C(C)[C+](C)C(C)=C1CP(C(C)(C)C)C(C)(C)C.F[B-](F)(F)F.[CH3-].[Rh]. The maximum atomic E-state index is 9.75. The average molecular weight is 654 g/mol. The summed E-state index contributed by atoms with van der Waals surface area (Å²) in [5.41, 5.74) is 7.40. The summed E-state index contributed by atoms with van der Waals surface area (Å²) in [6, 6.07) is 0. The molecule has 0 N–H and O–H groups in total. The van der Waals surface area contributed by atoms with Crippen LogP contribution in [-0.4, -0.2) is 40.2 Å². The molecule has 0 aromatic rings. The number of rotatable bonds is 4. The van der Waals surface area contributed by atoms with E-state index in [0.29, 0.717) is 20.6 Å². The molecule has 0 aromatic heterocycles. The molecule has 37 heavy (non-hydrogen) atoms. The number of hydrogen-bond donors (Lipinski definition) is 0. The van der Waals surface area contributed by atoms with Crippen LogP contribution in [0, 0.1) is 13.3 Å². The van der Waals surface area contributed by atoms with Crippen molar-refractivity contribution in [3.63, 3.8) is 0 Å². The van der Waals surface area contributed by atoms with Gasteiger partial charge in [-0.25, -0.2) is 0 Å². The predicted molar refractivity (Wildman–Crippen MR) is 163 cm³/mol. The molecule has 0 aliphatic heterocycles. The standard InChI is InChI=1S/C28H51P2.CH3.BF4.Rh/c1-19-20(2)23(17-29(25(5,6)7)26(8,9)10)22(4)24(21(19)3)18-30(27(11,12)13)28(14,15)16;;2-1(3,4)5;/h4,17-18H2,1-3,5-16H3;1H3;;/q+1;2*-1;. The van der Waals surface area contributed by atoms with Gasteiger partial charge in [-0.05, 0) is 34.5 Å². The van der Waals surface area contributed by atoms with Crippen molar-refractivity contribution < 1.29 is 36.7 Å². The second kappa shape index (κ2) is 14.3. The van der Waals surface area contributed by atoms with Crippen LogP contribution in [0.5, 0.6) is 0 Å². The summed E-state index contributed by atoms with van der Waals surface area (Å²) in [4.78, 5) is 0. The molecule has 0 amide bonds. The van der Waals surface area contributed by atoms with E-state index in [-0.39, 0.29) is 42.7 Å². The molecule has 0 unspecified atom stereocenters. The summed E-state index contributed by atoms with van der Waals surface area (Å²) in [7, 11) is -6.37. The van der Waals surface area contributed by atoms with Crippen LogP contribution in [0.3, 0.4) is 0 Å². The summed E-state index contributed by atoms with van der Waals surface area (Å²) < 4.78 is 39.0. The maximum Gasteiger partial charge on any atom is 0.673 e. The number of allylic oxidation sites excluding steroid dienone is 5. The van der Waals surface area contributed by atoms with Crippen LogP contribution in [-0.2, 0) is 19.5 Å². The molecule has 0 spiro atoms. The van der Waals surface area contributed by atoms with Crippen LogP contribution in [0.25, 0.3) is 0 Å². The Hall–Kier alpha value is 0.358. The van der Waals surface area contributed by atoms with E-state index < -0.39 is 7.25 Å². The van der Waals surface area contributed by atoms with Gasteiger partial charge in [0.15, 0.2) is 0 Å². The van der Waals surface area contributed by atoms with Gasteiger partial charge in [0.05, 0.1) is 33.8 Å². The molecular formula is C29H54BF4P2Rh-. The van der Waals surface area contributed by atoms with E-state index in [9.17, 15) is 17.3 Å². The van der Waals surface area contributed by atoms with Gasteiger partial charge in [-0.1, -0.05) is 106 Å². The normalized spacial score (nSPS) is 16.0. The van der Waals surface area contributed by atoms with Crippen LogP contribution < -0.4 is 0 Å². The number of halogens is 4. The van der Waals surface area contributed by atoms with Gasteiger partial charge in [0.2, 0.25) is 0 Å². The van der Waals surface area contributed by atoms with E-state index in [2.05, 4.69) is 104 Å². The Morgan fingerprint density at radius 3 is 1.00 bits per heavy atom. The molecule has 0 fully saturated rings. The first-order valence-corrected chi connectivity index (χ1v) is 15.5. The molecular weight excluding hydrogens is 600 g/mol. The molecule has 1 aliphatic carbocycles. The van der Waals surface area contributed by atoms with Crippen molar-refractivity contribution in [1.29, 1.82) is 0 Å². The fourth-order valence-corrected chi connectivity index (χ4v) is 12.5. The van der Waals surface area contributed by atoms with Crippen LogP contribution in [0.2, 0.25) is 0 Å². The first-order valence-electron chi connectivity index (χ1n) is 12.5. The van der Waals surface area contributed by atoms with E-state index in [1.165, 1.54) is 35.0 Å². The summed E-state index contributed by atoms with van der Waals surface area (Å²) in [5, 5.41) is 1.31. The maximum absolute atomic E-state index is 9.75. The topological polar surface area (TPSA) is 0 Å². The fourth-order valence-electron chi connectivity index (χ4n) is 5.07. The third kappa shape index (κ3) is 13.5. The Morgan fingerprint density at radius 2 is 0.838 bits per heavy atom. The van der Waals surface area contributed by atoms with Gasteiger partial charge in [0.1, 0.15) is 0 Å². The van der Waals surface area contributed by atoms with E-state index in [4.69, 9.17) is 6.58 Å². The van der Waals surface area contributed by atoms with E-state index in [1.807, 2.05) is 0 Å². The first-order chi connectivity index (χ1) is 15.1. The molecule has 8 heteroatoms. The minimum atomic E-state index is -6.00. The minimum Gasteiger partial charge on any atom is -0.418 e. The largest absolute Gasteiger partial charge is 0.673 e. The predicted octanol–water partition coefficient (Wildman–Crippen LogP) is 11.7. The third-order valence-electron chi connectivity index (χ3n) is 6.63. The second-order valence-electron chi connectivity index (χ2n) is 13.7. The number of hydrogen-bond acceptors (Lipinski definition) is 0. The van der Waals surface area contributed by atoms with Crippen LogP contribution in [0.4, 0.5) is 17.3 Å². The third-order valence-corrected chi connectivity index (χ3v) is 14.4. The Kier molecular flexibility index (Phi) is 16.2. The van der Waals surface area contributed by atoms with Crippen LogP contribution in [0.15, 0.2) is 34.4 Å². The zero-order valence-electron chi connectivity index (χ0n) is 26.4. The second-order valence-corrected chi connectivity index (χ2v) is 21.4. The fraction of sp³-hybridized carbons (Fsp3) is 0.724. The van der Waals surface area contributed by atoms with Gasteiger partial charge in [0.25, 0.3) is 0 Å². The smallest absolute Gasteiger partial charge is 0.418 e. The Morgan fingerprint density at radius 1 is 0.649 bits per heavy atom. The molecule has 0 nitrogen and oxygen atoms in total. The molecule has 1 aliphatic rings. The summed E-state index contributed by atoms with van der Waals surface area (Å²) in [6.07, 6.45) is 2.37. The molecule has 0 bridgehead atoms. The molecule has 0 saturated carbocycles. The van der Waals surface area contributed by atoms with Crippen molar-refractivity contribution in [1.82, 2.24) is 0 Å². The molecule has 1 rings (SSSR count). The minimum absolute atomic E-state index is 0. The molecule has 0 saturated heterocycles. The van der Waals surface area contributed by atoms with Crippen molar-refractivity contribution in [2.24, 2.45) is 0 Å². The monoisotopic (exact) mass is 654 g/mol. The molecule has 0 atom stereocenters. The zero-order chi connectivity index (χ0) is 28.5. The molecule has 0 aromatic carbocycles. The van der Waals surface area contributed by atoms with Crippen LogP contribution >= 0.6 is 15.8 Å². The van der Waals surface area contributed by atoms with E-state index in [0.717, 1.165) is 0 Å².